The zero-order chi connectivity index (χ0) is 19.2. The van der Waals surface area contributed by atoms with Crippen molar-refractivity contribution in [1.29, 1.82) is 0 Å². The summed E-state index contributed by atoms with van der Waals surface area (Å²) in [5, 5.41) is 6.93. The highest BCUT2D eigenvalue weighted by Gasteiger charge is 2.54. The number of hydrogen-bond donors (Lipinski definition) is 2. The van der Waals surface area contributed by atoms with Gasteiger partial charge in [0.05, 0.1) is 0 Å². The minimum absolute atomic E-state index is 0.0776. The second kappa shape index (κ2) is 7.29. The van der Waals surface area contributed by atoms with Gasteiger partial charge in [-0.2, -0.15) is 0 Å². The smallest absolute Gasteiger partial charge is 0.242 e. The molecule has 4 nitrogen and oxygen atoms in total. The molecule has 146 valence electrons. The van der Waals surface area contributed by atoms with Crippen molar-refractivity contribution in [3.8, 4) is 0 Å². The molecule has 0 radical (unpaired) electrons. The summed E-state index contributed by atoms with van der Waals surface area (Å²) >= 11 is 12.0. The third-order valence-electron chi connectivity index (χ3n) is 6.73. The summed E-state index contributed by atoms with van der Waals surface area (Å²) < 4.78 is 0. The third kappa shape index (κ3) is 3.84. The summed E-state index contributed by atoms with van der Waals surface area (Å²) in [5.74, 6) is 2.00. The molecular weight excluding hydrogens is 383 g/mol. The molecule has 27 heavy (non-hydrogen) atoms. The molecular formula is C21H26Cl2N2O2. The zero-order valence-electron chi connectivity index (χ0n) is 15.6. The van der Waals surface area contributed by atoms with Crippen molar-refractivity contribution in [3.05, 3.63) is 33.8 Å². The lowest BCUT2D eigenvalue weighted by Gasteiger charge is -2.55. The van der Waals surface area contributed by atoms with Crippen molar-refractivity contribution in [2.75, 3.05) is 0 Å². The monoisotopic (exact) mass is 408 g/mol. The summed E-state index contributed by atoms with van der Waals surface area (Å²) in [6.07, 6.45) is 6.89. The Morgan fingerprint density at radius 2 is 1.70 bits per heavy atom. The molecule has 2 N–H and O–H groups in total. The summed E-state index contributed by atoms with van der Waals surface area (Å²) in [6, 6.07) is 4.64. The fraction of sp³-hybridized carbons (Fsp3) is 0.619. The fourth-order valence-corrected chi connectivity index (χ4v) is 6.28. The summed E-state index contributed by atoms with van der Waals surface area (Å²) in [6.45, 7) is 2.06. The Balaban J connectivity index is 1.34. The van der Waals surface area contributed by atoms with Crippen molar-refractivity contribution >= 4 is 35.0 Å². The number of carbonyl (C=O) groups excluding carboxylic acids is 2. The molecule has 2 amide bonds. The van der Waals surface area contributed by atoms with E-state index in [-0.39, 0.29) is 17.2 Å². The van der Waals surface area contributed by atoms with Gasteiger partial charge in [0.25, 0.3) is 0 Å². The van der Waals surface area contributed by atoms with Gasteiger partial charge in [-0.15, -0.1) is 0 Å². The predicted octanol–water partition coefficient (Wildman–Crippen LogP) is 4.33. The normalized spacial score (nSPS) is 32.2. The maximum Gasteiger partial charge on any atom is 0.242 e. The van der Waals surface area contributed by atoms with E-state index >= 15 is 0 Å². The van der Waals surface area contributed by atoms with E-state index in [1.54, 1.807) is 25.1 Å². The van der Waals surface area contributed by atoms with Gasteiger partial charge < -0.3 is 10.6 Å². The third-order valence-corrected chi connectivity index (χ3v) is 7.32. The van der Waals surface area contributed by atoms with Crippen LogP contribution in [-0.4, -0.2) is 17.9 Å². The van der Waals surface area contributed by atoms with Crippen LogP contribution in [0.5, 0.6) is 0 Å². The van der Waals surface area contributed by atoms with Crippen molar-refractivity contribution in [1.82, 2.24) is 10.6 Å². The van der Waals surface area contributed by atoms with Crippen LogP contribution >= 0.6 is 23.2 Å². The van der Waals surface area contributed by atoms with E-state index in [1.165, 1.54) is 19.3 Å². The largest absolute Gasteiger partial charge is 0.350 e. The highest BCUT2D eigenvalue weighted by Crippen LogP contribution is 2.60. The molecule has 4 aliphatic rings. The van der Waals surface area contributed by atoms with E-state index in [2.05, 4.69) is 10.6 Å². The molecule has 0 aliphatic heterocycles. The molecule has 4 fully saturated rings. The highest BCUT2D eigenvalue weighted by atomic mass is 35.5. The van der Waals surface area contributed by atoms with Crippen LogP contribution in [0.2, 0.25) is 10.0 Å². The average Bonchev–Trinajstić information content (AvgIpc) is 2.59. The number of amides is 2. The van der Waals surface area contributed by atoms with Crippen LogP contribution < -0.4 is 10.6 Å². The highest BCUT2D eigenvalue weighted by molar-refractivity contribution is 6.35. The Labute approximate surface area is 170 Å². The maximum atomic E-state index is 13.1. The van der Waals surface area contributed by atoms with E-state index in [9.17, 15) is 9.59 Å². The van der Waals surface area contributed by atoms with Gasteiger partial charge in [0.15, 0.2) is 0 Å². The van der Waals surface area contributed by atoms with Crippen LogP contribution in [0.4, 0.5) is 0 Å². The first-order chi connectivity index (χ1) is 12.8. The van der Waals surface area contributed by atoms with E-state index in [4.69, 9.17) is 23.2 Å². The number of halogens is 2. The van der Waals surface area contributed by atoms with E-state index < -0.39 is 6.04 Å². The minimum atomic E-state index is -0.559. The molecule has 1 atom stereocenters. The Bertz CT molecular complexity index is 729. The van der Waals surface area contributed by atoms with Gasteiger partial charge in [0.1, 0.15) is 6.04 Å². The predicted molar refractivity (Wildman–Crippen MR) is 107 cm³/mol. The molecule has 6 heteroatoms. The lowest BCUT2D eigenvalue weighted by molar-refractivity contribution is -0.148. The molecule has 1 aromatic carbocycles. The summed E-state index contributed by atoms with van der Waals surface area (Å²) in [7, 11) is 0. The first-order valence-electron chi connectivity index (χ1n) is 9.87. The van der Waals surface area contributed by atoms with Gasteiger partial charge in [-0.25, -0.2) is 0 Å². The zero-order valence-corrected chi connectivity index (χ0v) is 17.1. The second-order valence-corrected chi connectivity index (χ2v) is 9.69. The number of benzene rings is 1. The minimum Gasteiger partial charge on any atom is -0.350 e. The van der Waals surface area contributed by atoms with E-state index in [0.29, 0.717) is 34.3 Å². The van der Waals surface area contributed by atoms with Crippen LogP contribution in [0.3, 0.4) is 0 Å². The van der Waals surface area contributed by atoms with Crippen LogP contribution in [0.25, 0.3) is 0 Å². The molecule has 0 aromatic heterocycles. The second-order valence-electron chi connectivity index (χ2n) is 8.85. The molecule has 0 spiro atoms. The van der Waals surface area contributed by atoms with Crippen LogP contribution in [0.1, 0.15) is 51.0 Å². The molecule has 0 saturated heterocycles. The lowest BCUT2D eigenvalue weighted by atomic mass is 9.49. The van der Waals surface area contributed by atoms with Crippen LogP contribution in [-0.2, 0) is 16.1 Å². The fourth-order valence-electron chi connectivity index (χ4n) is 5.80. The number of rotatable bonds is 5. The Morgan fingerprint density at radius 3 is 2.26 bits per heavy atom. The van der Waals surface area contributed by atoms with Crippen LogP contribution in [0, 0.1) is 23.2 Å². The topological polar surface area (TPSA) is 58.2 Å². The standard InChI is InChI=1S/C21H26Cl2N2O2/c1-12(19(26)24-11-16-2-3-17(22)7-18(16)23)25-20(27)21-8-13-4-14(9-21)6-15(5-13)10-21/h2-3,7,12-15H,4-6,8-11H2,1H3,(H,24,26)(H,25,27)/t12-,13?,14?,15?,21?/m0/s1. The average molecular weight is 409 g/mol. The molecule has 1 aromatic rings. The molecule has 4 bridgehead atoms. The van der Waals surface area contributed by atoms with Crippen molar-refractivity contribution in [3.63, 3.8) is 0 Å². The number of carbonyl (C=O) groups is 2. The van der Waals surface area contributed by atoms with Crippen molar-refractivity contribution in [2.45, 2.75) is 58.0 Å². The lowest BCUT2D eigenvalue weighted by Crippen LogP contribution is -2.56. The van der Waals surface area contributed by atoms with Crippen molar-refractivity contribution < 1.29 is 9.59 Å². The SMILES string of the molecule is C[C@H](NC(=O)C12CC3CC(CC(C3)C1)C2)C(=O)NCc1ccc(Cl)cc1Cl. The first-order valence-corrected chi connectivity index (χ1v) is 10.6. The number of hydrogen-bond acceptors (Lipinski definition) is 2. The van der Waals surface area contributed by atoms with Gasteiger partial charge in [-0.3, -0.25) is 9.59 Å². The molecule has 0 unspecified atom stereocenters. The van der Waals surface area contributed by atoms with Gasteiger partial charge in [-0.05, 0) is 80.9 Å². The van der Waals surface area contributed by atoms with Crippen LogP contribution in [0.15, 0.2) is 18.2 Å². The van der Waals surface area contributed by atoms with Crippen molar-refractivity contribution in [2.24, 2.45) is 23.2 Å². The molecule has 0 heterocycles. The van der Waals surface area contributed by atoms with Gasteiger partial charge in [-0.1, -0.05) is 29.3 Å². The first kappa shape index (κ1) is 19.1. The Morgan fingerprint density at radius 1 is 1.11 bits per heavy atom. The summed E-state index contributed by atoms with van der Waals surface area (Å²) in [5.41, 5.74) is 0.567. The maximum absolute atomic E-state index is 13.1. The van der Waals surface area contributed by atoms with E-state index in [1.807, 2.05) is 0 Å². The number of nitrogens with one attached hydrogen (secondary N) is 2. The van der Waals surface area contributed by atoms with E-state index in [0.717, 1.165) is 24.8 Å². The van der Waals surface area contributed by atoms with Gasteiger partial charge in [0.2, 0.25) is 11.8 Å². The molecule has 5 rings (SSSR count). The van der Waals surface area contributed by atoms with Gasteiger partial charge >= 0.3 is 0 Å². The molecule has 4 saturated carbocycles. The van der Waals surface area contributed by atoms with Gasteiger partial charge in [0, 0.05) is 22.0 Å². The summed E-state index contributed by atoms with van der Waals surface area (Å²) in [4.78, 5) is 25.5. The Kier molecular flexibility index (Phi) is 5.15. The molecule has 4 aliphatic carbocycles. The quantitative estimate of drug-likeness (QED) is 0.761. The Hall–Kier alpha value is -1.26.